The van der Waals surface area contributed by atoms with E-state index in [1.54, 1.807) is 6.07 Å². The van der Waals surface area contributed by atoms with Gasteiger partial charge in [0, 0.05) is 15.4 Å². The van der Waals surface area contributed by atoms with Gasteiger partial charge in [0.05, 0.1) is 5.02 Å². The maximum Gasteiger partial charge on any atom is 0.490 e. The van der Waals surface area contributed by atoms with Gasteiger partial charge in [0.2, 0.25) is 0 Å². The van der Waals surface area contributed by atoms with Crippen molar-refractivity contribution in [3.63, 3.8) is 0 Å². The van der Waals surface area contributed by atoms with Gasteiger partial charge in [-0.1, -0.05) is 23.2 Å². The summed E-state index contributed by atoms with van der Waals surface area (Å²) in [6, 6.07) is 3.07. The molecule has 0 bridgehead atoms. The monoisotopic (exact) mass is 236 g/mol. The number of hydrogen-bond donors (Lipinski definition) is 2. The second-order valence-corrected chi connectivity index (χ2v) is 4.04. The minimum absolute atomic E-state index is 0.226. The van der Waals surface area contributed by atoms with Crippen LogP contribution in [-0.2, 0) is 0 Å². The van der Waals surface area contributed by atoms with Crippen LogP contribution >= 0.6 is 35.0 Å². The highest BCUT2D eigenvalue weighted by molar-refractivity contribution is 7.98. The lowest BCUT2D eigenvalue weighted by Crippen LogP contribution is -2.30. The van der Waals surface area contributed by atoms with Crippen LogP contribution in [0.4, 0.5) is 0 Å². The van der Waals surface area contributed by atoms with Crippen LogP contribution in [-0.4, -0.2) is 23.4 Å². The Morgan fingerprint density at radius 2 is 1.85 bits per heavy atom. The van der Waals surface area contributed by atoms with E-state index < -0.39 is 7.12 Å². The van der Waals surface area contributed by atoms with Crippen molar-refractivity contribution >= 4 is 47.5 Å². The van der Waals surface area contributed by atoms with Gasteiger partial charge in [0.25, 0.3) is 0 Å². The zero-order valence-electron chi connectivity index (χ0n) is 6.79. The predicted molar refractivity (Wildman–Crippen MR) is 58.1 cm³/mol. The third-order valence-electron chi connectivity index (χ3n) is 1.55. The molecule has 1 aromatic carbocycles. The Kier molecular flexibility index (Phi) is 3.95. The van der Waals surface area contributed by atoms with Crippen molar-refractivity contribution in [1.29, 1.82) is 0 Å². The van der Waals surface area contributed by atoms with Gasteiger partial charge < -0.3 is 10.0 Å². The third-order valence-corrected chi connectivity index (χ3v) is 3.08. The second-order valence-electron chi connectivity index (χ2n) is 2.38. The molecule has 1 aromatic rings. The predicted octanol–water partition coefficient (Wildman–Crippen LogP) is 1.40. The van der Waals surface area contributed by atoms with E-state index in [1.807, 2.05) is 6.26 Å². The van der Waals surface area contributed by atoms with E-state index in [4.69, 9.17) is 33.2 Å². The summed E-state index contributed by atoms with van der Waals surface area (Å²) in [5, 5.41) is 18.6. The van der Waals surface area contributed by atoms with Crippen LogP contribution in [0.25, 0.3) is 0 Å². The van der Waals surface area contributed by atoms with Crippen LogP contribution in [0.2, 0.25) is 10.0 Å². The van der Waals surface area contributed by atoms with Gasteiger partial charge in [0.15, 0.2) is 0 Å². The Bertz CT molecular complexity index is 320. The normalized spacial score (nSPS) is 10.2. The van der Waals surface area contributed by atoms with Gasteiger partial charge >= 0.3 is 7.12 Å². The second kappa shape index (κ2) is 4.57. The molecule has 0 fully saturated rings. The summed E-state index contributed by atoms with van der Waals surface area (Å²) in [7, 11) is -1.58. The van der Waals surface area contributed by atoms with Crippen LogP contribution in [0, 0.1) is 0 Å². The molecule has 0 heterocycles. The third kappa shape index (κ3) is 2.54. The smallest absolute Gasteiger partial charge is 0.423 e. The summed E-state index contributed by atoms with van der Waals surface area (Å²) in [5.41, 5.74) is 0.226. The lowest BCUT2D eigenvalue weighted by atomic mass is 9.80. The Labute approximate surface area is 91.0 Å². The maximum absolute atomic E-state index is 8.90. The van der Waals surface area contributed by atoms with Crippen LogP contribution in [0.3, 0.4) is 0 Å². The molecule has 0 aliphatic carbocycles. The van der Waals surface area contributed by atoms with Gasteiger partial charge in [-0.2, -0.15) is 0 Å². The van der Waals surface area contributed by atoms with Crippen molar-refractivity contribution in [2.24, 2.45) is 0 Å². The van der Waals surface area contributed by atoms with E-state index in [-0.39, 0.29) is 5.46 Å². The highest BCUT2D eigenvalue weighted by atomic mass is 35.5. The van der Waals surface area contributed by atoms with Crippen LogP contribution in [0.5, 0.6) is 0 Å². The van der Waals surface area contributed by atoms with E-state index >= 15 is 0 Å². The van der Waals surface area contributed by atoms with Gasteiger partial charge in [0.1, 0.15) is 0 Å². The molecule has 6 heteroatoms. The highest BCUT2D eigenvalue weighted by Gasteiger charge is 2.17. The van der Waals surface area contributed by atoms with Crippen molar-refractivity contribution in [2.75, 3.05) is 6.26 Å². The molecule has 0 atom stereocenters. The van der Waals surface area contributed by atoms with E-state index in [2.05, 4.69) is 0 Å². The topological polar surface area (TPSA) is 40.5 Å². The molecular weight excluding hydrogens is 230 g/mol. The van der Waals surface area contributed by atoms with Crippen molar-refractivity contribution < 1.29 is 10.0 Å². The van der Waals surface area contributed by atoms with Crippen molar-refractivity contribution in [3.8, 4) is 0 Å². The minimum atomic E-state index is -1.58. The fourth-order valence-corrected chi connectivity index (χ4v) is 2.12. The SMILES string of the molecule is CSc1cc(Cl)c(B(O)O)cc1Cl. The number of benzene rings is 1. The molecule has 1 rings (SSSR count). The molecule has 0 aromatic heterocycles. The summed E-state index contributed by atoms with van der Waals surface area (Å²) in [6.07, 6.45) is 1.87. The average molecular weight is 237 g/mol. The Hall–Kier alpha value is 0.135. The first kappa shape index (κ1) is 11.2. The lowest BCUT2D eigenvalue weighted by molar-refractivity contribution is 0.426. The molecule has 0 aliphatic heterocycles. The molecule has 13 heavy (non-hydrogen) atoms. The zero-order valence-corrected chi connectivity index (χ0v) is 9.12. The molecule has 0 amide bonds. The Morgan fingerprint density at radius 1 is 1.23 bits per heavy atom. The molecule has 0 radical (unpaired) electrons. The summed E-state index contributed by atoms with van der Waals surface area (Å²) in [5.74, 6) is 0. The highest BCUT2D eigenvalue weighted by Crippen LogP contribution is 2.27. The quantitative estimate of drug-likeness (QED) is 0.603. The van der Waals surface area contributed by atoms with Gasteiger partial charge in [-0.05, 0) is 18.4 Å². The zero-order chi connectivity index (χ0) is 10.0. The number of hydrogen-bond acceptors (Lipinski definition) is 3. The molecule has 2 nitrogen and oxygen atoms in total. The van der Waals surface area contributed by atoms with Gasteiger partial charge in [-0.15, -0.1) is 11.8 Å². The van der Waals surface area contributed by atoms with Crippen LogP contribution < -0.4 is 5.46 Å². The fraction of sp³-hybridized carbons (Fsp3) is 0.143. The summed E-state index contributed by atoms with van der Waals surface area (Å²) >= 11 is 13.1. The molecule has 0 spiro atoms. The minimum Gasteiger partial charge on any atom is -0.423 e. The Balaban J connectivity index is 3.20. The lowest BCUT2D eigenvalue weighted by Gasteiger charge is -2.06. The molecule has 0 unspecified atom stereocenters. The summed E-state index contributed by atoms with van der Waals surface area (Å²) < 4.78 is 0. The van der Waals surface area contributed by atoms with E-state index in [0.29, 0.717) is 10.0 Å². The molecule has 0 saturated heterocycles. The standard InChI is InChI=1S/C7H7BCl2O2S/c1-13-7-3-5(9)4(8(11)12)2-6(7)10/h2-3,11-12H,1H3. The summed E-state index contributed by atoms with van der Waals surface area (Å²) in [4.78, 5) is 0.816. The first-order valence-corrected chi connectivity index (χ1v) is 5.43. The van der Waals surface area contributed by atoms with Crippen molar-refractivity contribution in [3.05, 3.63) is 22.2 Å². The first-order valence-electron chi connectivity index (χ1n) is 3.45. The van der Waals surface area contributed by atoms with Crippen molar-refractivity contribution in [2.45, 2.75) is 4.90 Å². The number of thioether (sulfide) groups is 1. The molecule has 70 valence electrons. The molecular formula is C7H7BCl2O2S. The molecule has 0 aliphatic rings. The molecule has 0 saturated carbocycles. The van der Waals surface area contributed by atoms with E-state index in [0.717, 1.165) is 4.90 Å². The first-order chi connectivity index (χ1) is 6.06. The van der Waals surface area contributed by atoms with Crippen LogP contribution in [0.15, 0.2) is 17.0 Å². The Morgan fingerprint density at radius 3 is 2.31 bits per heavy atom. The average Bonchev–Trinajstić information content (AvgIpc) is 2.07. The fourth-order valence-electron chi connectivity index (χ4n) is 0.898. The summed E-state index contributed by atoms with van der Waals surface area (Å²) in [6.45, 7) is 0. The largest absolute Gasteiger partial charge is 0.490 e. The van der Waals surface area contributed by atoms with E-state index in [9.17, 15) is 0 Å². The van der Waals surface area contributed by atoms with Crippen LogP contribution in [0.1, 0.15) is 0 Å². The van der Waals surface area contributed by atoms with E-state index in [1.165, 1.54) is 17.8 Å². The van der Waals surface area contributed by atoms with Gasteiger partial charge in [-0.3, -0.25) is 0 Å². The number of rotatable bonds is 2. The van der Waals surface area contributed by atoms with Gasteiger partial charge in [-0.25, -0.2) is 0 Å². The van der Waals surface area contributed by atoms with Crippen molar-refractivity contribution in [1.82, 2.24) is 0 Å². The maximum atomic E-state index is 8.90. The molecule has 2 N–H and O–H groups in total. The number of halogens is 2.